The number of hydrogen-bond acceptors (Lipinski definition) is 4. The SMILES string of the molecule is COc1ccc(Cl)cc1S(=O)(=O)NC(Cc1ccccc1)C(=O)NC(C)c1ccc(Br)cc1. The molecule has 2 N–H and O–H groups in total. The van der Waals surface area contributed by atoms with E-state index in [0.717, 1.165) is 15.6 Å². The summed E-state index contributed by atoms with van der Waals surface area (Å²) in [6, 6.07) is 19.7. The Balaban J connectivity index is 1.88. The molecule has 0 radical (unpaired) electrons. The molecule has 1 amide bonds. The monoisotopic (exact) mass is 550 g/mol. The molecule has 0 aliphatic carbocycles. The van der Waals surface area contributed by atoms with Gasteiger partial charge in [-0.15, -0.1) is 0 Å². The second-order valence-corrected chi connectivity index (χ2v) is 10.5. The fourth-order valence-electron chi connectivity index (χ4n) is 3.30. The number of ether oxygens (including phenoxy) is 1. The number of benzene rings is 3. The van der Waals surface area contributed by atoms with Gasteiger partial charge in [0, 0.05) is 9.50 Å². The van der Waals surface area contributed by atoms with E-state index in [1.807, 2.05) is 61.5 Å². The predicted molar refractivity (Wildman–Crippen MR) is 133 cm³/mol. The van der Waals surface area contributed by atoms with Crippen LogP contribution in [0, 0.1) is 0 Å². The van der Waals surface area contributed by atoms with Gasteiger partial charge in [-0.2, -0.15) is 4.72 Å². The summed E-state index contributed by atoms with van der Waals surface area (Å²) in [5, 5.41) is 3.15. The molecule has 2 unspecified atom stereocenters. The van der Waals surface area contributed by atoms with E-state index in [0.29, 0.717) is 0 Å². The Hall–Kier alpha value is -2.39. The number of amides is 1. The number of carbonyl (C=O) groups excluding carboxylic acids is 1. The number of halogens is 2. The highest BCUT2D eigenvalue weighted by atomic mass is 79.9. The summed E-state index contributed by atoms with van der Waals surface area (Å²) in [5.74, 6) is -0.312. The van der Waals surface area contributed by atoms with Crippen LogP contribution in [0.25, 0.3) is 0 Å². The van der Waals surface area contributed by atoms with E-state index in [2.05, 4.69) is 26.0 Å². The molecule has 3 rings (SSSR count). The number of sulfonamides is 1. The lowest BCUT2D eigenvalue weighted by Gasteiger charge is -2.22. The molecule has 0 heterocycles. The van der Waals surface area contributed by atoms with Crippen LogP contribution < -0.4 is 14.8 Å². The molecule has 2 atom stereocenters. The Morgan fingerprint density at radius 2 is 1.73 bits per heavy atom. The Morgan fingerprint density at radius 3 is 2.36 bits per heavy atom. The fraction of sp³-hybridized carbons (Fsp3) is 0.208. The van der Waals surface area contributed by atoms with Crippen molar-refractivity contribution in [3.05, 3.63) is 93.4 Å². The molecule has 0 fully saturated rings. The van der Waals surface area contributed by atoms with Crippen molar-refractivity contribution in [3.63, 3.8) is 0 Å². The molecule has 174 valence electrons. The number of carbonyl (C=O) groups is 1. The maximum Gasteiger partial charge on any atom is 0.245 e. The average Bonchev–Trinajstić information content (AvgIpc) is 2.79. The van der Waals surface area contributed by atoms with Gasteiger partial charge < -0.3 is 10.1 Å². The third-order valence-electron chi connectivity index (χ3n) is 5.04. The summed E-state index contributed by atoms with van der Waals surface area (Å²) in [6.45, 7) is 1.84. The van der Waals surface area contributed by atoms with Gasteiger partial charge in [0.25, 0.3) is 0 Å². The van der Waals surface area contributed by atoms with Crippen LogP contribution in [0.1, 0.15) is 24.1 Å². The lowest BCUT2D eigenvalue weighted by molar-refractivity contribution is -0.123. The molecule has 0 aliphatic heterocycles. The maximum absolute atomic E-state index is 13.2. The van der Waals surface area contributed by atoms with Crippen molar-refractivity contribution in [1.82, 2.24) is 10.0 Å². The maximum atomic E-state index is 13.2. The molecule has 0 aliphatic rings. The number of methoxy groups -OCH3 is 1. The summed E-state index contributed by atoms with van der Waals surface area (Å²) in [7, 11) is -2.75. The fourth-order valence-corrected chi connectivity index (χ4v) is 5.19. The lowest BCUT2D eigenvalue weighted by Crippen LogP contribution is -2.48. The summed E-state index contributed by atoms with van der Waals surface area (Å²) in [5.41, 5.74) is 1.71. The normalized spacial score (nSPS) is 13.2. The first-order chi connectivity index (χ1) is 15.7. The third kappa shape index (κ3) is 6.80. The zero-order valence-electron chi connectivity index (χ0n) is 18.1. The van der Waals surface area contributed by atoms with Gasteiger partial charge in [-0.1, -0.05) is 70.0 Å². The van der Waals surface area contributed by atoms with E-state index in [4.69, 9.17) is 16.3 Å². The Labute approximate surface area is 207 Å². The minimum atomic E-state index is -4.12. The van der Waals surface area contributed by atoms with Gasteiger partial charge in [-0.3, -0.25) is 4.79 Å². The van der Waals surface area contributed by atoms with E-state index in [1.165, 1.54) is 25.3 Å². The molecule has 9 heteroatoms. The summed E-state index contributed by atoms with van der Waals surface area (Å²) >= 11 is 9.42. The van der Waals surface area contributed by atoms with Crippen molar-refractivity contribution in [2.24, 2.45) is 0 Å². The minimum Gasteiger partial charge on any atom is -0.495 e. The van der Waals surface area contributed by atoms with Crippen LogP contribution in [0.3, 0.4) is 0 Å². The van der Waals surface area contributed by atoms with Crippen LogP contribution >= 0.6 is 27.5 Å². The van der Waals surface area contributed by atoms with Crippen LogP contribution in [0.4, 0.5) is 0 Å². The van der Waals surface area contributed by atoms with Crippen LogP contribution in [0.15, 0.2) is 82.2 Å². The number of rotatable bonds is 9. The summed E-state index contributed by atoms with van der Waals surface area (Å²) < 4.78 is 35.1. The van der Waals surface area contributed by atoms with E-state index in [9.17, 15) is 13.2 Å². The highest BCUT2D eigenvalue weighted by Gasteiger charge is 2.29. The highest BCUT2D eigenvalue weighted by molar-refractivity contribution is 9.10. The van der Waals surface area contributed by atoms with Crippen molar-refractivity contribution in [2.45, 2.75) is 30.3 Å². The standard InChI is InChI=1S/C24H24BrClN2O4S/c1-16(18-8-10-19(25)11-9-18)27-24(29)21(14-17-6-4-3-5-7-17)28-33(30,31)23-15-20(26)12-13-22(23)32-2/h3-13,15-16,21,28H,14H2,1-2H3,(H,27,29). The second kappa shape index (κ2) is 11.2. The Bertz CT molecular complexity index is 1200. The molecule has 6 nitrogen and oxygen atoms in total. The molecule has 0 saturated carbocycles. The lowest BCUT2D eigenvalue weighted by atomic mass is 10.0. The van der Waals surface area contributed by atoms with E-state index < -0.39 is 22.0 Å². The zero-order chi connectivity index (χ0) is 24.0. The zero-order valence-corrected chi connectivity index (χ0v) is 21.2. The van der Waals surface area contributed by atoms with Crippen molar-refractivity contribution in [3.8, 4) is 5.75 Å². The largest absolute Gasteiger partial charge is 0.495 e. The van der Waals surface area contributed by atoms with E-state index >= 15 is 0 Å². The Kier molecular flexibility index (Phi) is 8.53. The third-order valence-corrected chi connectivity index (χ3v) is 7.30. The first-order valence-electron chi connectivity index (χ1n) is 10.1. The van der Waals surface area contributed by atoms with Gasteiger partial charge in [0.15, 0.2) is 0 Å². The highest BCUT2D eigenvalue weighted by Crippen LogP contribution is 2.27. The van der Waals surface area contributed by atoms with E-state index in [-0.39, 0.29) is 28.1 Å². The van der Waals surface area contributed by atoms with Gasteiger partial charge in [0.05, 0.1) is 13.2 Å². The van der Waals surface area contributed by atoms with Crippen molar-refractivity contribution < 1.29 is 17.9 Å². The second-order valence-electron chi connectivity index (χ2n) is 7.44. The predicted octanol–water partition coefficient (Wildman–Crippen LogP) is 4.88. The van der Waals surface area contributed by atoms with Gasteiger partial charge in [0.2, 0.25) is 15.9 Å². The molecule has 3 aromatic carbocycles. The molecule has 0 bridgehead atoms. The number of nitrogens with one attached hydrogen (secondary N) is 2. The van der Waals surface area contributed by atoms with Gasteiger partial charge in [0.1, 0.15) is 16.7 Å². The summed E-state index contributed by atoms with van der Waals surface area (Å²) in [4.78, 5) is 13.1. The van der Waals surface area contributed by atoms with Crippen LogP contribution in [-0.2, 0) is 21.2 Å². The molecule has 0 saturated heterocycles. The molecule has 33 heavy (non-hydrogen) atoms. The van der Waals surface area contributed by atoms with Gasteiger partial charge in [-0.05, 0) is 54.8 Å². The topological polar surface area (TPSA) is 84.5 Å². The average molecular weight is 552 g/mol. The summed E-state index contributed by atoms with van der Waals surface area (Å²) in [6.07, 6.45) is 0.168. The Morgan fingerprint density at radius 1 is 1.06 bits per heavy atom. The first kappa shape index (κ1) is 25.2. The van der Waals surface area contributed by atoms with Crippen LogP contribution in [0.2, 0.25) is 5.02 Å². The van der Waals surface area contributed by atoms with Crippen molar-refractivity contribution in [2.75, 3.05) is 7.11 Å². The minimum absolute atomic E-state index is 0.133. The van der Waals surface area contributed by atoms with Crippen molar-refractivity contribution >= 4 is 43.5 Å². The molecular formula is C24H24BrClN2O4S. The van der Waals surface area contributed by atoms with Gasteiger partial charge in [-0.25, -0.2) is 8.42 Å². The smallest absolute Gasteiger partial charge is 0.245 e. The molecule has 0 aromatic heterocycles. The quantitative estimate of drug-likeness (QED) is 0.397. The first-order valence-corrected chi connectivity index (χ1v) is 12.8. The van der Waals surface area contributed by atoms with Crippen molar-refractivity contribution in [1.29, 1.82) is 0 Å². The number of hydrogen-bond donors (Lipinski definition) is 2. The molecular weight excluding hydrogens is 528 g/mol. The van der Waals surface area contributed by atoms with E-state index in [1.54, 1.807) is 0 Å². The molecule has 0 spiro atoms. The van der Waals surface area contributed by atoms with Crippen LogP contribution in [0.5, 0.6) is 5.75 Å². The van der Waals surface area contributed by atoms with Crippen LogP contribution in [-0.4, -0.2) is 27.5 Å². The molecule has 3 aromatic rings. The van der Waals surface area contributed by atoms with Gasteiger partial charge >= 0.3 is 0 Å².